The van der Waals surface area contributed by atoms with Crippen molar-refractivity contribution in [3.05, 3.63) is 23.8 Å². The Labute approximate surface area is 92.2 Å². The second-order valence-corrected chi connectivity index (χ2v) is 4.14. The van der Waals surface area contributed by atoms with Gasteiger partial charge in [-0.05, 0) is 23.5 Å². The Bertz CT molecular complexity index is 318. The average molecular weight is 208 g/mol. The Kier molecular flexibility index (Phi) is 4.01. The lowest BCUT2D eigenvalue weighted by molar-refractivity contribution is 0.384. The Balaban J connectivity index is 3.07. The van der Waals surface area contributed by atoms with Gasteiger partial charge in [-0.2, -0.15) is 0 Å². The van der Waals surface area contributed by atoms with Crippen LogP contribution in [0.4, 0.5) is 0 Å². The highest BCUT2D eigenvalue weighted by atomic mass is 16.5. The van der Waals surface area contributed by atoms with Gasteiger partial charge in [-0.1, -0.05) is 26.8 Å². The molecule has 84 valence electrons. The summed E-state index contributed by atoms with van der Waals surface area (Å²) in [6.45, 7) is 6.65. The molecule has 2 heteroatoms. The summed E-state index contributed by atoms with van der Waals surface area (Å²) in [6, 6.07) is 6.01. The van der Waals surface area contributed by atoms with Crippen molar-refractivity contribution >= 4 is 0 Å². The zero-order valence-corrected chi connectivity index (χ0v) is 10.2. The van der Waals surface area contributed by atoms with Crippen LogP contribution in [-0.4, -0.2) is 14.2 Å². The van der Waals surface area contributed by atoms with E-state index in [1.165, 1.54) is 5.56 Å². The Morgan fingerprint density at radius 2 is 1.67 bits per heavy atom. The Morgan fingerprint density at radius 3 is 2.13 bits per heavy atom. The van der Waals surface area contributed by atoms with Crippen LogP contribution in [0.3, 0.4) is 0 Å². The van der Waals surface area contributed by atoms with Crippen molar-refractivity contribution in [2.24, 2.45) is 5.92 Å². The molecule has 0 spiro atoms. The van der Waals surface area contributed by atoms with Crippen molar-refractivity contribution in [1.82, 2.24) is 0 Å². The second kappa shape index (κ2) is 5.06. The molecule has 0 amide bonds. The first-order chi connectivity index (χ1) is 7.10. The van der Waals surface area contributed by atoms with Gasteiger partial charge in [0.15, 0.2) is 0 Å². The van der Waals surface area contributed by atoms with Crippen LogP contribution in [0, 0.1) is 5.92 Å². The van der Waals surface area contributed by atoms with Crippen LogP contribution < -0.4 is 9.47 Å². The van der Waals surface area contributed by atoms with Crippen molar-refractivity contribution in [2.45, 2.75) is 26.7 Å². The first-order valence-electron chi connectivity index (χ1n) is 5.32. The minimum atomic E-state index is 0.492. The molecule has 1 atom stereocenters. The van der Waals surface area contributed by atoms with Crippen LogP contribution >= 0.6 is 0 Å². The molecule has 1 unspecified atom stereocenters. The molecule has 15 heavy (non-hydrogen) atoms. The summed E-state index contributed by atoms with van der Waals surface area (Å²) < 4.78 is 10.6. The van der Waals surface area contributed by atoms with Gasteiger partial charge in [0.1, 0.15) is 11.5 Å². The first kappa shape index (κ1) is 11.9. The molecular formula is C13H20O2. The van der Waals surface area contributed by atoms with Crippen molar-refractivity contribution < 1.29 is 9.47 Å². The normalized spacial score (nSPS) is 12.7. The monoisotopic (exact) mass is 208 g/mol. The van der Waals surface area contributed by atoms with Crippen molar-refractivity contribution in [3.63, 3.8) is 0 Å². The minimum absolute atomic E-state index is 0.492. The fraction of sp³-hybridized carbons (Fsp3) is 0.538. The van der Waals surface area contributed by atoms with Gasteiger partial charge in [0.2, 0.25) is 0 Å². The number of benzene rings is 1. The largest absolute Gasteiger partial charge is 0.497 e. The van der Waals surface area contributed by atoms with E-state index in [4.69, 9.17) is 9.47 Å². The highest BCUT2D eigenvalue weighted by Crippen LogP contribution is 2.33. The van der Waals surface area contributed by atoms with Gasteiger partial charge in [-0.3, -0.25) is 0 Å². The second-order valence-electron chi connectivity index (χ2n) is 4.14. The fourth-order valence-corrected chi connectivity index (χ4v) is 1.55. The molecule has 1 aromatic rings. The van der Waals surface area contributed by atoms with Crippen LogP contribution in [0.25, 0.3) is 0 Å². The molecule has 0 saturated carbocycles. The van der Waals surface area contributed by atoms with Crippen LogP contribution in [-0.2, 0) is 0 Å². The lowest BCUT2D eigenvalue weighted by Gasteiger charge is -2.19. The zero-order chi connectivity index (χ0) is 11.4. The van der Waals surface area contributed by atoms with E-state index in [0.717, 1.165) is 11.5 Å². The van der Waals surface area contributed by atoms with Gasteiger partial charge in [0, 0.05) is 6.07 Å². The SMILES string of the molecule is COc1ccc(C(C)C(C)C)c(OC)c1. The maximum absolute atomic E-state index is 5.38. The van der Waals surface area contributed by atoms with Gasteiger partial charge in [-0.25, -0.2) is 0 Å². The summed E-state index contributed by atoms with van der Waals surface area (Å²) in [5.74, 6) is 2.85. The van der Waals surface area contributed by atoms with E-state index in [1.54, 1.807) is 14.2 Å². The predicted molar refractivity (Wildman–Crippen MR) is 62.8 cm³/mol. The maximum atomic E-state index is 5.38. The van der Waals surface area contributed by atoms with Crippen molar-refractivity contribution in [2.75, 3.05) is 14.2 Å². The lowest BCUT2D eigenvalue weighted by atomic mass is 9.89. The van der Waals surface area contributed by atoms with Crippen LogP contribution in [0.15, 0.2) is 18.2 Å². The summed E-state index contributed by atoms with van der Waals surface area (Å²) in [6.07, 6.45) is 0. The smallest absolute Gasteiger partial charge is 0.126 e. The molecule has 0 bridgehead atoms. The van der Waals surface area contributed by atoms with Gasteiger partial charge >= 0.3 is 0 Å². The van der Waals surface area contributed by atoms with Gasteiger partial charge in [-0.15, -0.1) is 0 Å². The van der Waals surface area contributed by atoms with Crippen LogP contribution in [0.5, 0.6) is 11.5 Å². The molecule has 0 heterocycles. The van der Waals surface area contributed by atoms with E-state index in [-0.39, 0.29) is 0 Å². The van der Waals surface area contributed by atoms with E-state index < -0.39 is 0 Å². The number of hydrogen-bond acceptors (Lipinski definition) is 2. The summed E-state index contributed by atoms with van der Waals surface area (Å²) >= 11 is 0. The minimum Gasteiger partial charge on any atom is -0.497 e. The predicted octanol–water partition coefficient (Wildman–Crippen LogP) is 3.46. The maximum Gasteiger partial charge on any atom is 0.126 e. The molecule has 1 aromatic carbocycles. The third-order valence-corrected chi connectivity index (χ3v) is 2.93. The van der Waals surface area contributed by atoms with Gasteiger partial charge in [0.05, 0.1) is 14.2 Å². The lowest BCUT2D eigenvalue weighted by Crippen LogP contribution is -2.04. The zero-order valence-electron chi connectivity index (χ0n) is 10.2. The fourth-order valence-electron chi connectivity index (χ4n) is 1.55. The molecule has 0 aliphatic rings. The number of ether oxygens (including phenoxy) is 2. The summed E-state index contributed by atoms with van der Waals surface area (Å²) in [5.41, 5.74) is 1.24. The third-order valence-electron chi connectivity index (χ3n) is 2.93. The molecule has 0 aliphatic heterocycles. The highest BCUT2D eigenvalue weighted by Gasteiger charge is 2.15. The van der Waals surface area contributed by atoms with Crippen LogP contribution in [0.2, 0.25) is 0 Å². The van der Waals surface area contributed by atoms with E-state index >= 15 is 0 Å². The van der Waals surface area contributed by atoms with Crippen LogP contribution in [0.1, 0.15) is 32.3 Å². The van der Waals surface area contributed by atoms with Crippen molar-refractivity contribution in [3.8, 4) is 11.5 Å². The summed E-state index contributed by atoms with van der Waals surface area (Å²) in [7, 11) is 3.37. The standard InChI is InChI=1S/C13H20O2/c1-9(2)10(3)12-7-6-11(14-4)8-13(12)15-5/h6-10H,1-5H3. The molecule has 1 rings (SSSR count). The number of hydrogen-bond donors (Lipinski definition) is 0. The van der Waals surface area contributed by atoms with Crippen molar-refractivity contribution in [1.29, 1.82) is 0 Å². The quantitative estimate of drug-likeness (QED) is 0.754. The molecule has 0 saturated heterocycles. The molecule has 0 N–H and O–H groups in total. The third kappa shape index (κ3) is 2.65. The van der Waals surface area contributed by atoms with Gasteiger partial charge < -0.3 is 9.47 Å². The van der Waals surface area contributed by atoms with E-state index in [0.29, 0.717) is 11.8 Å². The molecular weight excluding hydrogens is 188 g/mol. The summed E-state index contributed by atoms with van der Waals surface area (Å²) in [5, 5.41) is 0. The number of methoxy groups -OCH3 is 2. The highest BCUT2D eigenvalue weighted by molar-refractivity contribution is 5.42. The van der Waals surface area contributed by atoms with E-state index in [1.807, 2.05) is 12.1 Å². The first-order valence-corrected chi connectivity index (χ1v) is 5.32. The van der Waals surface area contributed by atoms with E-state index in [2.05, 4.69) is 26.8 Å². The topological polar surface area (TPSA) is 18.5 Å². The Hall–Kier alpha value is -1.18. The molecule has 2 nitrogen and oxygen atoms in total. The Morgan fingerprint density at radius 1 is 1.00 bits per heavy atom. The molecule has 0 radical (unpaired) electrons. The molecule has 0 aromatic heterocycles. The molecule has 0 aliphatic carbocycles. The summed E-state index contributed by atoms with van der Waals surface area (Å²) in [4.78, 5) is 0. The molecule has 0 fully saturated rings. The average Bonchev–Trinajstić information content (AvgIpc) is 2.27. The number of rotatable bonds is 4. The van der Waals surface area contributed by atoms with Gasteiger partial charge in [0.25, 0.3) is 0 Å². The van der Waals surface area contributed by atoms with E-state index in [9.17, 15) is 0 Å².